The number of fused-ring (bicyclic) bond motifs is 2. The van der Waals surface area contributed by atoms with Crippen molar-refractivity contribution in [3.05, 3.63) is 47.8 Å². The Morgan fingerprint density at radius 3 is 2.71 bits per heavy atom. The number of likely N-dealkylation sites (N-methyl/N-ethyl adjacent to an activating group) is 1. The van der Waals surface area contributed by atoms with Gasteiger partial charge in [-0.05, 0) is 65.4 Å². The fourth-order valence-electron chi connectivity index (χ4n) is 4.55. The third-order valence-electron chi connectivity index (χ3n) is 6.42. The number of piperidine rings is 1. The first-order chi connectivity index (χ1) is 16.9. The van der Waals surface area contributed by atoms with Gasteiger partial charge >= 0.3 is 11.8 Å². The average molecular weight is 607 g/mol. The highest BCUT2D eigenvalue weighted by molar-refractivity contribution is 14.2. The molecule has 1 aromatic carbocycles. The van der Waals surface area contributed by atoms with Gasteiger partial charge in [0, 0.05) is 26.2 Å². The molecule has 0 radical (unpaired) electrons. The van der Waals surface area contributed by atoms with E-state index in [-0.39, 0.29) is 0 Å². The molecular weight excluding hydrogens is 576 g/mol. The average Bonchev–Trinajstić information content (AvgIpc) is 3.31. The Kier molecular flexibility index (Phi) is 8.56. The molecular formula is C24H31IN7O2P. The number of aromatic nitrogens is 3. The zero-order valence-corrected chi connectivity index (χ0v) is 23.2. The summed E-state index contributed by atoms with van der Waals surface area (Å²) in [7, 11) is 2.18. The van der Waals surface area contributed by atoms with Crippen LogP contribution in [0.25, 0.3) is 10.9 Å². The molecule has 2 aromatic heterocycles. The van der Waals surface area contributed by atoms with Crippen molar-refractivity contribution in [3.8, 4) is 0 Å². The first-order valence-electron chi connectivity index (χ1n) is 11.7. The van der Waals surface area contributed by atoms with E-state index in [1.165, 1.54) is 30.3 Å². The van der Waals surface area contributed by atoms with E-state index >= 15 is 0 Å². The van der Waals surface area contributed by atoms with Gasteiger partial charge in [0.15, 0.2) is 0 Å². The molecule has 1 fully saturated rings. The molecule has 3 aromatic rings. The molecule has 0 aliphatic carbocycles. The van der Waals surface area contributed by atoms with Gasteiger partial charge < -0.3 is 20.9 Å². The van der Waals surface area contributed by atoms with Gasteiger partial charge in [-0.25, -0.2) is 9.44 Å². The number of carbonyl (C=O) groups excluding carboxylic acids is 2. The van der Waals surface area contributed by atoms with Crippen LogP contribution in [0.5, 0.6) is 0 Å². The van der Waals surface area contributed by atoms with Gasteiger partial charge in [0.2, 0.25) is 0 Å². The summed E-state index contributed by atoms with van der Waals surface area (Å²) in [5, 5.41) is 7.58. The maximum atomic E-state index is 12.4. The summed E-state index contributed by atoms with van der Waals surface area (Å²) in [5.74, 6) is -0.391. The molecule has 4 heterocycles. The Balaban J connectivity index is 0.000000218. The highest BCUT2D eigenvalue weighted by Crippen LogP contribution is 2.34. The lowest BCUT2D eigenvalue weighted by Gasteiger charge is -2.30. The number of benzene rings is 1. The van der Waals surface area contributed by atoms with Crippen LogP contribution < -0.4 is 11.1 Å². The molecule has 11 heteroatoms. The van der Waals surface area contributed by atoms with Crippen LogP contribution in [0, 0.1) is 5.92 Å². The highest BCUT2D eigenvalue weighted by Gasteiger charge is 2.27. The van der Waals surface area contributed by atoms with E-state index in [2.05, 4.69) is 80.6 Å². The van der Waals surface area contributed by atoms with Crippen molar-refractivity contribution in [3.63, 3.8) is 0 Å². The van der Waals surface area contributed by atoms with Crippen LogP contribution >= 0.6 is 28.4 Å². The number of nitrogens with one attached hydrogen (secondary N) is 1. The van der Waals surface area contributed by atoms with E-state index < -0.39 is 11.8 Å². The number of pyridine rings is 1. The summed E-state index contributed by atoms with van der Waals surface area (Å²) < 4.78 is 1.73. The van der Waals surface area contributed by atoms with Gasteiger partial charge in [0.1, 0.15) is 11.3 Å². The van der Waals surface area contributed by atoms with Gasteiger partial charge in [-0.2, -0.15) is 5.10 Å². The minimum atomic E-state index is -0.651. The molecule has 186 valence electrons. The number of rotatable bonds is 2. The SMILES string of the molecule is CC1CCCN(C(=O)C(=O)Nc2cnc(N)c3cnn(PI)c23)C1.CN1CCc2ccccc2C1. The van der Waals surface area contributed by atoms with E-state index in [0.717, 1.165) is 19.4 Å². The highest BCUT2D eigenvalue weighted by atomic mass is 127. The number of carbonyl (C=O) groups is 2. The van der Waals surface area contributed by atoms with Crippen molar-refractivity contribution in [2.24, 2.45) is 5.92 Å². The van der Waals surface area contributed by atoms with E-state index in [1.54, 1.807) is 15.5 Å². The van der Waals surface area contributed by atoms with E-state index in [1.807, 2.05) is 0 Å². The molecule has 2 aliphatic rings. The number of amides is 2. The Hall–Kier alpha value is -2.30. The number of hydrogen-bond acceptors (Lipinski definition) is 6. The molecule has 2 unspecified atom stereocenters. The normalized spacial score (nSPS) is 18.3. The molecule has 0 spiro atoms. The second kappa shape index (κ2) is 11.6. The van der Waals surface area contributed by atoms with Crippen LogP contribution in [0.15, 0.2) is 36.7 Å². The molecule has 1 saturated heterocycles. The number of nitrogen functional groups attached to an aromatic ring is 1. The smallest absolute Gasteiger partial charge is 0.314 e. The maximum absolute atomic E-state index is 12.4. The Bertz CT molecular complexity index is 1220. The summed E-state index contributed by atoms with van der Waals surface area (Å²) in [5.41, 5.74) is 10.0. The first kappa shape index (κ1) is 25.8. The van der Waals surface area contributed by atoms with E-state index in [9.17, 15) is 9.59 Å². The summed E-state index contributed by atoms with van der Waals surface area (Å²) in [6.45, 7) is 5.66. The monoisotopic (exact) mass is 607 g/mol. The van der Waals surface area contributed by atoms with Crippen molar-refractivity contribution < 1.29 is 9.59 Å². The molecule has 2 atom stereocenters. The minimum Gasteiger partial charge on any atom is -0.383 e. The van der Waals surface area contributed by atoms with Gasteiger partial charge in [0.25, 0.3) is 0 Å². The summed E-state index contributed by atoms with van der Waals surface area (Å²) in [6, 6.07) is 8.72. The molecule has 2 amide bonds. The van der Waals surface area contributed by atoms with Crippen molar-refractivity contribution in [2.45, 2.75) is 32.7 Å². The Labute approximate surface area is 220 Å². The van der Waals surface area contributed by atoms with Crippen molar-refractivity contribution in [1.82, 2.24) is 24.3 Å². The molecule has 35 heavy (non-hydrogen) atoms. The zero-order valence-electron chi connectivity index (χ0n) is 20.0. The third kappa shape index (κ3) is 6.10. The van der Waals surface area contributed by atoms with Crippen LogP contribution in [0.4, 0.5) is 11.5 Å². The molecule has 0 bridgehead atoms. The Morgan fingerprint density at radius 1 is 1.20 bits per heavy atom. The summed E-state index contributed by atoms with van der Waals surface area (Å²) >= 11 is 2.19. The van der Waals surface area contributed by atoms with Crippen LogP contribution in [-0.2, 0) is 22.6 Å². The van der Waals surface area contributed by atoms with E-state index in [4.69, 9.17) is 5.73 Å². The quantitative estimate of drug-likeness (QED) is 0.262. The number of halogens is 1. The number of nitrogens with zero attached hydrogens (tertiary/aromatic N) is 5. The van der Waals surface area contributed by atoms with Crippen molar-refractivity contribution in [1.29, 1.82) is 0 Å². The fraction of sp³-hybridized carbons (Fsp3) is 0.417. The largest absolute Gasteiger partial charge is 0.383 e. The maximum Gasteiger partial charge on any atom is 0.314 e. The minimum absolute atomic E-state index is 0.339. The zero-order chi connectivity index (χ0) is 24.9. The summed E-state index contributed by atoms with van der Waals surface area (Å²) in [4.78, 5) is 32.8. The topological polar surface area (TPSA) is 109 Å². The van der Waals surface area contributed by atoms with Gasteiger partial charge in [-0.3, -0.25) is 9.59 Å². The van der Waals surface area contributed by atoms with Gasteiger partial charge in [0.05, 0.1) is 29.8 Å². The summed E-state index contributed by atoms with van der Waals surface area (Å²) in [6.07, 6.45) is 6.66. The van der Waals surface area contributed by atoms with E-state index in [0.29, 0.717) is 47.8 Å². The standard InChI is InChI=1S/C14H18IN6O2P.C10H13N/c1-8-3-2-4-20(7-8)14(23)13(22)19-10-6-17-12(16)9-5-18-21(24-15)11(9)10;1-11-7-6-9-4-2-3-5-10(9)8-11/h5-6,8,24H,2-4,7H2,1H3,(H2,16,17)(H,19,22);2-5H,6-8H2,1H3. The van der Waals surface area contributed by atoms with Crippen LogP contribution in [0.3, 0.4) is 0 Å². The number of hydrogen-bond donors (Lipinski definition) is 2. The number of likely N-dealkylation sites (tertiary alicyclic amines) is 1. The molecule has 5 rings (SSSR count). The third-order valence-corrected chi connectivity index (χ3v) is 8.29. The number of anilines is 2. The lowest BCUT2D eigenvalue weighted by molar-refractivity contribution is -0.144. The first-order valence-corrected chi connectivity index (χ1v) is 15.8. The van der Waals surface area contributed by atoms with Gasteiger partial charge in [-0.1, -0.05) is 31.2 Å². The number of nitrogens with two attached hydrogens (primary N) is 1. The van der Waals surface area contributed by atoms with Gasteiger partial charge in [-0.15, -0.1) is 0 Å². The second-order valence-electron chi connectivity index (χ2n) is 9.17. The lowest BCUT2D eigenvalue weighted by Crippen LogP contribution is -2.44. The fourth-order valence-corrected chi connectivity index (χ4v) is 6.07. The van der Waals surface area contributed by atoms with Crippen LogP contribution in [0.1, 0.15) is 30.9 Å². The van der Waals surface area contributed by atoms with Crippen LogP contribution in [0.2, 0.25) is 0 Å². The second-order valence-corrected chi connectivity index (χ2v) is 11.2. The predicted octanol–water partition coefficient (Wildman–Crippen LogP) is 3.68. The van der Waals surface area contributed by atoms with Crippen LogP contribution in [-0.4, -0.2) is 62.8 Å². The van der Waals surface area contributed by atoms with Crippen molar-refractivity contribution >= 4 is 62.6 Å². The molecule has 2 aliphatic heterocycles. The molecule has 3 N–H and O–H groups in total. The molecule has 9 nitrogen and oxygen atoms in total. The molecule has 0 saturated carbocycles. The Morgan fingerprint density at radius 2 is 1.97 bits per heavy atom. The predicted molar refractivity (Wildman–Crippen MR) is 150 cm³/mol. The lowest BCUT2D eigenvalue weighted by atomic mass is 10.0. The van der Waals surface area contributed by atoms with Crippen molar-refractivity contribution in [2.75, 3.05) is 37.7 Å².